The van der Waals surface area contributed by atoms with Crippen molar-refractivity contribution in [3.8, 4) is 11.6 Å². The van der Waals surface area contributed by atoms with Crippen LogP contribution in [0.2, 0.25) is 10.2 Å². The third-order valence-electron chi connectivity index (χ3n) is 4.15. The number of aromatic amines is 1. The lowest BCUT2D eigenvalue weighted by Crippen LogP contribution is -1.94. The number of rotatable bonds is 3. The Morgan fingerprint density at radius 2 is 1.89 bits per heavy atom. The van der Waals surface area contributed by atoms with E-state index < -0.39 is 0 Å². The van der Waals surface area contributed by atoms with Crippen LogP contribution in [0.1, 0.15) is 0 Å². The number of furan rings is 1. The number of H-pyrrole nitrogens is 1. The molecular weight excluding hydrogens is 387 g/mol. The van der Waals surface area contributed by atoms with Crippen LogP contribution >= 0.6 is 23.2 Å². The number of benzene rings is 1. The molecule has 27 heavy (non-hydrogen) atoms. The highest BCUT2D eigenvalue weighted by Gasteiger charge is 2.20. The molecule has 132 valence electrons. The SMILES string of the molecule is Clc1ccc(Nc2c(-c3ncccn3)oc3cnccc23)c2c(Cl)n[nH]c12. The first kappa shape index (κ1) is 16.0. The van der Waals surface area contributed by atoms with Crippen LogP contribution in [0, 0.1) is 0 Å². The number of hydrogen-bond donors (Lipinski definition) is 2. The van der Waals surface area contributed by atoms with Gasteiger partial charge < -0.3 is 9.73 Å². The van der Waals surface area contributed by atoms with E-state index in [0.29, 0.717) is 43.9 Å². The maximum Gasteiger partial charge on any atom is 0.197 e. The highest BCUT2D eigenvalue weighted by molar-refractivity contribution is 6.40. The van der Waals surface area contributed by atoms with Crippen molar-refractivity contribution < 1.29 is 4.42 Å². The average molecular weight is 397 g/mol. The Morgan fingerprint density at radius 3 is 2.74 bits per heavy atom. The van der Waals surface area contributed by atoms with Crippen LogP contribution in [0.3, 0.4) is 0 Å². The fourth-order valence-corrected chi connectivity index (χ4v) is 3.39. The molecule has 1 aromatic carbocycles. The van der Waals surface area contributed by atoms with Gasteiger partial charge in [0, 0.05) is 24.0 Å². The quantitative estimate of drug-likeness (QED) is 0.434. The zero-order valence-corrected chi connectivity index (χ0v) is 15.1. The van der Waals surface area contributed by atoms with Gasteiger partial charge in [0.2, 0.25) is 0 Å². The van der Waals surface area contributed by atoms with Gasteiger partial charge in [0.25, 0.3) is 0 Å². The van der Waals surface area contributed by atoms with Gasteiger partial charge in [-0.15, -0.1) is 0 Å². The van der Waals surface area contributed by atoms with Gasteiger partial charge in [-0.25, -0.2) is 9.97 Å². The Kier molecular flexibility index (Phi) is 3.70. The lowest BCUT2D eigenvalue weighted by molar-refractivity contribution is 0.624. The van der Waals surface area contributed by atoms with Gasteiger partial charge in [-0.05, 0) is 24.3 Å². The topological polar surface area (TPSA) is 92.5 Å². The first-order valence-corrected chi connectivity index (χ1v) is 8.71. The Morgan fingerprint density at radius 1 is 1.04 bits per heavy atom. The van der Waals surface area contributed by atoms with Crippen molar-refractivity contribution in [3.05, 3.63) is 59.2 Å². The number of pyridine rings is 1. The van der Waals surface area contributed by atoms with E-state index in [2.05, 4.69) is 30.5 Å². The van der Waals surface area contributed by atoms with Crippen molar-refractivity contribution >= 4 is 56.4 Å². The van der Waals surface area contributed by atoms with Crippen LogP contribution < -0.4 is 5.32 Å². The van der Waals surface area contributed by atoms with Crippen LogP contribution in [0.4, 0.5) is 11.4 Å². The van der Waals surface area contributed by atoms with Crippen molar-refractivity contribution in [3.63, 3.8) is 0 Å². The molecule has 5 rings (SSSR count). The van der Waals surface area contributed by atoms with E-state index >= 15 is 0 Å². The van der Waals surface area contributed by atoms with Gasteiger partial charge in [0.1, 0.15) is 0 Å². The molecule has 0 bridgehead atoms. The number of fused-ring (bicyclic) bond motifs is 2. The van der Waals surface area contributed by atoms with E-state index in [9.17, 15) is 0 Å². The molecule has 0 unspecified atom stereocenters. The molecule has 4 heterocycles. The summed E-state index contributed by atoms with van der Waals surface area (Å²) >= 11 is 12.5. The second-order valence-corrected chi connectivity index (χ2v) is 6.50. The number of anilines is 2. The Hall–Kier alpha value is -3.16. The summed E-state index contributed by atoms with van der Waals surface area (Å²) < 4.78 is 5.97. The maximum absolute atomic E-state index is 6.27. The molecular formula is C18H10Cl2N6O. The van der Waals surface area contributed by atoms with Gasteiger partial charge >= 0.3 is 0 Å². The van der Waals surface area contributed by atoms with Gasteiger partial charge in [-0.3, -0.25) is 10.1 Å². The van der Waals surface area contributed by atoms with Crippen LogP contribution in [-0.4, -0.2) is 25.1 Å². The minimum absolute atomic E-state index is 0.321. The molecule has 7 nitrogen and oxygen atoms in total. The Balaban J connectivity index is 1.74. The summed E-state index contributed by atoms with van der Waals surface area (Å²) in [7, 11) is 0. The smallest absolute Gasteiger partial charge is 0.197 e. The normalized spacial score (nSPS) is 11.3. The summed E-state index contributed by atoms with van der Waals surface area (Å²) in [6, 6.07) is 7.21. The highest BCUT2D eigenvalue weighted by atomic mass is 35.5. The summed E-state index contributed by atoms with van der Waals surface area (Å²) in [6.45, 7) is 0. The molecule has 0 saturated carbocycles. The number of aromatic nitrogens is 5. The lowest BCUT2D eigenvalue weighted by atomic mass is 10.2. The van der Waals surface area contributed by atoms with Crippen molar-refractivity contribution in [2.75, 3.05) is 5.32 Å². The fraction of sp³-hybridized carbons (Fsp3) is 0. The number of hydrogen-bond acceptors (Lipinski definition) is 6. The summed E-state index contributed by atoms with van der Waals surface area (Å²) in [5.41, 5.74) is 2.70. The van der Waals surface area contributed by atoms with Crippen molar-refractivity contribution in [1.29, 1.82) is 0 Å². The lowest BCUT2D eigenvalue weighted by Gasteiger charge is -2.09. The van der Waals surface area contributed by atoms with Gasteiger partial charge in [0.05, 0.1) is 33.5 Å². The molecule has 0 saturated heterocycles. The first-order chi connectivity index (χ1) is 13.2. The number of nitrogens with zero attached hydrogens (tertiary/aromatic N) is 4. The summed E-state index contributed by atoms with van der Waals surface area (Å²) in [5.74, 6) is 0.959. The fourth-order valence-electron chi connectivity index (χ4n) is 2.95. The summed E-state index contributed by atoms with van der Waals surface area (Å²) in [6.07, 6.45) is 6.66. The molecule has 0 radical (unpaired) electrons. The Bertz CT molecular complexity index is 1280. The molecule has 0 aliphatic carbocycles. The van der Waals surface area contributed by atoms with E-state index in [0.717, 1.165) is 11.1 Å². The first-order valence-electron chi connectivity index (χ1n) is 7.95. The van der Waals surface area contributed by atoms with Crippen LogP contribution in [0.25, 0.3) is 33.5 Å². The molecule has 4 aromatic heterocycles. The average Bonchev–Trinajstić information content (AvgIpc) is 3.27. The number of halogens is 2. The molecule has 0 atom stereocenters. The molecule has 0 fully saturated rings. The molecule has 5 aromatic rings. The molecule has 0 spiro atoms. The van der Waals surface area contributed by atoms with Crippen LogP contribution in [-0.2, 0) is 0 Å². The van der Waals surface area contributed by atoms with E-state index in [1.807, 2.05) is 12.1 Å². The molecule has 0 amide bonds. The maximum atomic E-state index is 6.27. The van der Waals surface area contributed by atoms with E-state index in [1.54, 1.807) is 36.9 Å². The summed E-state index contributed by atoms with van der Waals surface area (Å²) in [5, 5.41) is 12.7. The van der Waals surface area contributed by atoms with Gasteiger partial charge in [0.15, 0.2) is 22.3 Å². The van der Waals surface area contributed by atoms with Crippen LogP contribution in [0.15, 0.2) is 53.5 Å². The monoisotopic (exact) mass is 396 g/mol. The zero-order valence-electron chi connectivity index (χ0n) is 13.6. The number of nitrogens with one attached hydrogen (secondary N) is 2. The second-order valence-electron chi connectivity index (χ2n) is 5.73. The van der Waals surface area contributed by atoms with Crippen LogP contribution in [0.5, 0.6) is 0 Å². The largest absolute Gasteiger partial charge is 0.449 e. The van der Waals surface area contributed by atoms with E-state index in [1.165, 1.54) is 0 Å². The highest BCUT2D eigenvalue weighted by Crippen LogP contribution is 2.41. The van der Waals surface area contributed by atoms with E-state index in [4.69, 9.17) is 27.6 Å². The second kappa shape index (κ2) is 6.22. The molecule has 0 aliphatic heterocycles. The minimum Gasteiger partial charge on any atom is -0.449 e. The summed E-state index contributed by atoms with van der Waals surface area (Å²) in [4.78, 5) is 12.7. The minimum atomic E-state index is 0.321. The van der Waals surface area contributed by atoms with Crippen molar-refractivity contribution in [1.82, 2.24) is 25.1 Å². The third-order valence-corrected chi connectivity index (χ3v) is 4.74. The Labute approximate surface area is 162 Å². The third kappa shape index (κ3) is 2.59. The molecule has 0 aliphatic rings. The predicted octanol–water partition coefficient (Wildman–Crippen LogP) is 5.21. The predicted molar refractivity (Wildman–Crippen MR) is 104 cm³/mol. The van der Waals surface area contributed by atoms with Crippen molar-refractivity contribution in [2.45, 2.75) is 0 Å². The van der Waals surface area contributed by atoms with Gasteiger partial charge in [-0.2, -0.15) is 5.10 Å². The van der Waals surface area contributed by atoms with Gasteiger partial charge in [-0.1, -0.05) is 23.2 Å². The van der Waals surface area contributed by atoms with Crippen molar-refractivity contribution in [2.24, 2.45) is 0 Å². The van der Waals surface area contributed by atoms with E-state index in [-0.39, 0.29) is 0 Å². The molecule has 2 N–H and O–H groups in total. The zero-order chi connectivity index (χ0) is 18.4. The molecule has 9 heteroatoms. The standard InChI is InChI=1S/C18H10Cl2N6O/c19-10-2-3-11(13-15(10)25-26-17(13)20)24-14-9-4-7-21-8-12(9)27-16(14)18-22-5-1-6-23-18/h1-8,24H,(H,25,26).